The van der Waals surface area contributed by atoms with Crippen LogP contribution in [0.4, 0.5) is 0 Å². The number of hydrogen-bond donors (Lipinski definition) is 0. The lowest BCUT2D eigenvalue weighted by Crippen LogP contribution is -2.46. The van der Waals surface area contributed by atoms with Crippen LogP contribution in [0.15, 0.2) is 0 Å². The highest BCUT2D eigenvalue weighted by Crippen LogP contribution is 2.10. The molecule has 1 saturated heterocycles. The Balaban J connectivity index is 2.23. The molecule has 0 aromatic heterocycles. The zero-order valence-electron chi connectivity index (χ0n) is 9.86. The first kappa shape index (κ1) is 12.5. The number of nitrogens with zero attached hydrogens (tertiary/aromatic N) is 1. The Kier molecular flexibility index (Phi) is 5.05. The number of rotatable bonds is 4. The van der Waals surface area contributed by atoms with Crippen molar-refractivity contribution in [3.8, 4) is 0 Å². The Bertz CT molecular complexity index is 198. The average molecular weight is 215 g/mol. The molecule has 88 valence electrons. The highest BCUT2D eigenvalue weighted by molar-refractivity contribution is 5.69. The molecule has 0 saturated carbocycles. The molecule has 1 aliphatic rings. The SMILES string of the molecule is CCOC(=O)CCN1CC(C)OC(C)C1. The minimum absolute atomic E-state index is 0.107. The Labute approximate surface area is 91.5 Å². The lowest BCUT2D eigenvalue weighted by atomic mass is 10.2. The van der Waals surface area contributed by atoms with Crippen LogP contribution in [0.1, 0.15) is 27.2 Å². The zero-order valence-corrected chi connectivity index (χ0v) is 9.86. The third-order valence-electron chi connectivity index (χ3n) is 2.43. The molecule has 0 amide bonds. The van der Waals surface area contributed by atoms with Gasteiger partial charge < -0.3 is 9.47 Å². The van der Waals surface area contributed by atoms with Gasteiger partial charge in [0.1, 0.15) is 0 Å². The highest BCUT2D eigenvalue weighted by atomic mass is 16.5. The van der Waals surface area contributed by atoms with Crippen molar-refractivity contribution >= 4 is 5.97 Å². The van der Waals surface area contributed by atoms with E-state index < -0.39 is 0 Å². The molecule has 4 nitrogen and oxygen atoms in total. The van der Waals surface area contributed by atoms with Crippen LogP contribution in [0.3, 0.4) is 0 Å². The van der Waals surface area contributed by atoms with Gasteiger partial charge in [-0.05, 0) is 20.8 Å². The van der Waals surface area contributed by atoms with E-state index in [0.29, 0.717) is 13.0 Å². The molecular formula is C11H21NO3. The van der Waals surface area contributed by atoms with Crippen molar-refractivity contribution in [1.29, 1.82) is 0 Å². The number of hydrogen-bond acceptors (Lipinski definition) is 4. The molecule has 1 aliphatic heterocycles. The third kappa shape index (κ3) is 4.62. The van der Waals surface area contributed by atoms with Crippen molar-refractivity contribution in [2.24, 2.45) is 0 Å². The van der Waals surface area contributed by atoms with Gasteiger partial charge in [0, 0.05) is 19.6 Å². The Morgan fingerprint density at radius 1 is 1.40 bits per heavy atom. The van der Waals surface area contributed by atoms with E-state index >= 15 is 0 Å². The molecule has 1 fully saturated rings. The summed E-state index contributed by atoms with van der Waals surface area (Å²) < 4.78 is 10.5. The van der Waals surface area contributed by atoms with Crippen LogP contribution in [0.5, 0.6) is 0 Å². The minimum atomic E-state index is -0.107. The van der Waals surface area contributed by atoms with E-state index in [4.69, 9.17) is 9.47 Å². The fraction of sp³-hybridized carbons (Fsp3) is 0.909. The van der Waals surface area contributed by atoms with Crippen molar-refractivity contribution in [2.45, 2.75) is 39.4 Å². The Morgan fingerprint density at radius 3 is 2.53 bits per heavy atom. The summed E-state index contributed by atoms with van der Waals surface area (Å²) in [7, 11) is 0. The lowest BCUT2D eigenvalue weighted by Gasteiger charge is -2.35. The van der Waals surface area contributed by atoms with Crippen molar-refractivity contribution in [1.82, 2.24) is 4.90 Å². The quantitative estimate of drug-likeness (QED) is 0.657. The number of morpholine rings is 1. The summed E-state index contributed by atoms with van der Waals surface area (Å²) in [6.07, 6.45) is 1.000. The second-order valence-corrected chi connectivity index (χ2v) is 4.07. The molecule has 1 rings (SSSR count). The lowest BCUT2D eigenvalue weighted by molar-refractivity contribution is -0.144. The van der Waals surface area contributed by atoms with Crippen molar-refractivity contribution < 1.29 is 14.3 Å². The summed E-state index contributed by atoms with van der Waals surface area (Å²) in [6, 6.07) is 0. The molecule has 0 aliphatic carbocycles. The molecule has 0 radical (unpaired) electrons. The van der Waals surface area contributed by atoms with E-state index in [1.165, 1.54) is 0 Å². The third-order valence-corrected chi connectivity index (χ3v) is 2.43. The van der Waals surface area contributed by atoms with E-state index in [2.05, 4.69) is 18.7 Å². The largest absolute Gasteiger partial charge is 0.466 e. The van der Waals surface area contributed by atoms with Crippen LogP contribution >= 0.6 is 0 Å². The Hall–Kier alpha value is -0.610. The smallest absolute Gasteiger partial charge is 0.307 e. The van der Waals surface area contributed by atoms with E-state index in [0.717, 1.165) is 19.6 Å². The molecule has 2 unspecified atom stereocenters. The first-order valence-corrected chi connectivity index (χ1v) is 5.65. The van der Waals surface area contributed by atoms with Crippen LogP contribution in [0.25, 0.3) is 0 Å². The maximum Gasteiger partial charge on any atom is 0.307 e. The van der Waals surface area contributed by atoms with Crippen LogP contribution < -0.4 is 0 Å². The van der Waals surface area contributed by atoms with Crippen molar-refractivity contribution in [2.75, 3.05) is 26.2 Å². The number of esters is 1. The standard InChI is InChI=1S/C11H21NO3/c1-4-14-11(13)5-6-12-7-9(2)15-10(3)8-12/h9-10H,4-8H2,1-3H3. The van der Waals surface area contributed by atoms with Gasteiger partial charge >= 0.3 is 5.97 Å². The number of ether oxygens (including phenoxy) is 2. The fourth-order valence-corrected chi connectivity index (χ4v) is 1.95. The van der Waals surface area contributed by atoms with Gasteiger partial charge in [-0.25, -0.2) is 0 Å². The maximum atomic E-state index is 11.2. The van der Waals surface area contributed by atoms with Crippen molar-refractivity contribution in [3.63, 3.8) is 0 Å². The zero-order chi connectivity index (χ0) is 11.3. The predicted octanol–water partition coefficient (Wildman–Crippen LogP) is 1.05. The summed E-state index contributed by atoms with van der Waals surface area (Å²) in [5.74, 6) is -0.107. The summed E-state index contributed by atoms with van der Waals surface area (Å²) in [4.78, 5) is 13.4. The van der Waals surface area contributed by atoms with Crippen LogP contribution in [-0.4, -0.2) is 49.3 Å². The fourth-order valence-electron chi connectivity index (χ4n) is 1.95. The molecule has 0 aromatic carbocycles. The molecule has 0 N–H and O–H groups in total. The summed E-state index contributed by atoms with van der Waals surface area (Å²) in [6.45, 7) is 9.01. The predicted molar refractivity (Wildman–Crippen MR) is 57.7 cm³/mol. The van der Waals surface area contributed by atoms with Gasteiger partial charge in [-0.1, -0.05) is 0 Å². The topological polar surface area (TPSA) is 38.8 Å². The van der Waals surface area contributed by atoms with Crippen LogP contribution in [0, 0.1) is 0 Å². The molecule has 15 heavy (non-hydrogen) atoms. The number of carbonyl (C=O) groups excluding carboxylic acids is 1. The van der Waals surface area contributed by atoms with Gasteiger partial charge in [-0.3, -0.25) is 9.69 Å². The van der Waals surface area contributed by atoms with E-state index in [-0.39, 0.29) is 18.2 Å². The second kappa shape index (κ2) is 6.08. The van der Waals surface area contributed by atoms with Gasteiger partial charge in [-0.15, -0.1) is 0 Å². The van der Waals surface area contributed by atoms with Crippen LogP contribution in [-0.2, 0) is 14.3 Å². The van der Waals surface area contributed by atoms with Gasteiger partial charge in [0.2, 0.25) is 0 Å². The van der Waals surface area contributed by atoms with Gasteiger partial charge in [-0.2, -0.15) is 0 Å². The monoisotopic (exact) mass is 215 g/mol. The molecule has 4 heteroatoms. The molecule has 0 bridgehead atoms. The highest BCUT2D eigenvalue weighted by Gasteiger charge is 2.22. The molecule has 1 heterocycles. The molecule has 2 atom stereocenters. The van der Waals surface area contributed by atoms with E-state index in [9.17, 15) is 4.79 Å². The average Bonchev–Trinajstić information content (AvgIpc) is 2.14. The molecule has 0 aromatic rings. The summed E-state index contributed by atoms with van der Waals surface area (Å²) in [5.41, 5.74) is 0. The van der Waals surface area contributed by atoms with E-state index in [1.54, 1.807) is 0 Å². The summed E-state index contributed by atoms with van der Waals surface area (Å²) in [5, 5.41) is 0. The van der Waals surface area contributed by atoms with Gasteiger partial charge in [0.25, 0.3) is 0 Å². The molecular weight excluding hydrogens is 194 g/mol. The normalized spacial score (nSPS) is 27.7. The maximum absolute atomic E-state index is 11.2. The van der Waals surface area contributed by atoms with Gasteiger partial charge in [0.15, 0.2) is 0 Å². The summed E-state index contributed by atoms with van der Waals surface area (Å²) >= 11 is 0. The van der Waals surface area contributed by atoms with Gasteiger partial charge in [0.05, 0.1) is 25.2 Å². The number of carbonyl (C=O) groups is 1. The van der Waals surface area contributed by atoms with Crippen LogP contribution in [0.2, 0.25) is 0 Å². The second-order valence-electron chi connectivity index (χ2n) is 4.07. The van der Waals surface area contributed by atoms with Crippen molar-refractivity contribution in [3.05, 3.63) is 0 Å². The minimum Gasteiger partial charge on any atom is -0.466 e. The Morgan fingerprint density at radius 2 is 2.00 bits per heavy atom. The molecule has 0 spiro atoms. The van der Waals surface area contributed by atoms with E-state index in [1.807, 2.05) is 6.92 Å². The first-order chi connectivity index (χ1) is 7.11. The first-order valence-electron chi connectivity index (χ1n) is 5.65.